The number of aryl methyl sites for hydroxylation is 2. The third-order valence-electron chi connectivity index (χ3n) is 3.59. The molecule has 0 unspecified atom stereocenters. The van der Waals surface area contributed by atoms with Gasteiger partial charge < -0.3 is 10.2 Å². The van der Waals surface area contributed by atoms with E-state index < -0.39 is 0 Å². The Morgan fingerprint density at radius 1 is 1.43 bits per heavy atom. The molecule has 1 aliphatic heterocycles. The van der Waals surface area contributed by atoms with Gasteiger partial charge in [-0.3, -0.25) is 9.59 Å². The molecule has 0 saturated carbocycles. The van der Waals surface area contributed by atoms with E-state index in [1.165, 1.54) is 16.7 Å². The number of nitrogens with zero attached hydrogens (tertiary/aromatic N) is 1. The zero-order valence-corrected chi connectivity index (χ0v) is 13.6. The van der Waals surface area contributed by atoms with Gasteiger partial charge in [0.25, 0.3) is 0 Å². The number of benzene rings is 1. The Bertz CT molecular complexity index is 545. The van der Waals surface area contributed by atoms with Crippen LogP contribution in [0.5, 0.6) is 0 Å². The van der Waals surface area contributed by atoms with E-state index in [0.717, 1.165) is 6.42 Å². The largest absolute Gasteiger partial charge is 0.352 e. The summed E-state index contributed by atoms with van der Waals surface area (Å²) >= 11 is 1.55. The van der Waals surface area contributed by atoms with Crippen LogP contribution in [0.3, 0.4) is 0 Å². The minimum atomic E-state index is -0.0804. The van der Waals surface area contributed by atoms with E-state index in [2.05, 4.69) is 37.4 Å². The highest BCUT2D eigenvalue weighted by molar-refractivity contribution is 8.00. The van der Waals surface area contributed by atoms with Gasteiger partial charge in [0, 0.05) is 6.04 Å². The zero-order valence-electron chi connectivity index (χ0n) is 12.8. The van der Waals surface area contributed by atoms with Gasteiger partial charge in [-0.1, -0.05) is 23.8 Å². The number of carbonyl (C=O) groups excluding carboxylic acids is 2. The SMILES string of the molecule is Cc1ccc(C[C@H](C)NC(=O)CN2CSCC2=O)c(C)c1. The molecule has 114 valence electrons. The molecular formula is C16H22N2O2S. The predicted octanol–water partition coefficient (Wildman–Crippen LogP) is 1.88. The van der Waals surface area contributed by atoms with Crippen LogP contribution in [0, 0.1) is 13.8 Å². The highest BCUT2D eigenvalue weighted by Gasteiger charge is 2.23. The lowest BCUT2D eigenvalue weighted by atomic mass is 10.00. The molecule has 2 rings (SSSR count). The summed E-state index contributed by atoms with van der Waals surface area (Å²) in [7, 11) is 0. The van der Waals surface area contributed by atoms with E-state index in [1.807, 2.05) is 6.92 Å². The topological polar surface area (TPSA) is 49.4 Å². The van der Waals surface area contributed by atoms with E-state index >= 15 is 0 Å². The molecule has 0 bridgehead atoms. The summed E-state index contributed by atoms with van der Waals surface area (Å²) < 4.78 is 0. The Morgan fingerprint density at radius 2 is 2.19 bits per heavy atom. The van der Waals surface area contributed by atoms with Gasteiger partial charge in [-0.05, 0) is 38.3 Å². The molecule has 2 amide bonds. The number of nitrogens with one attached hydrogen (secondary N) is 1. The Balaban J connectivity index is 1.84. The number of rotatable bonds is 5. The van der Waals surface area contributed by atoms with E-state index in [-0.39, 0.29) is 24.4 Å². The molecule has 1 aromatic carbocycles. The van der Waals surface area contributed by atoms with Crippen LogP contribution in [-0.4, -0.2) is 40.9 Å². The van der Waals surface area contributed by atoms with Crippen molar-refractivity contribution < 1.29 is 9.59 Å². The number of carbonyl (C=O) groups is 2. The molecule has 1 atom stereocenters. The van der Waals surface area contributed by atoms with Crippen molar-refractivity contribution in [3.8, 4) is 0 Å². The molecule has 4 nitrogen and oxygen atoms in total. The number of hydrogen-bond donors (Lipinski definition) is 1. The minimum Gasteiger partial charge on any atom is -0.352 e. The fraction of sp³-hybridized carbons (Fsp3) is 0.500. The summed E-state index contributed by atoms with van der Waals surface area (Å²) in [6.45, 7) is 6.34. The first-order valence-corrected chi connectivity index (χ1v) is 8.32. The Labute approximate surface area is 130 Å². The van der Waals surface area contributed by atoms with Crippen molar-refractivity contribution >= 4 is 23.6 Å². The Kier molecular flexibility index (Phi) is 5.28. The molecule has 0 radical (unpaired) electrons. The van der Waals surface area contributed by atoms with Crippen LogP contribution in [0.2, 0.25) is 0 Å². The molecule has 1 aromatic rings. The Hall–Kier alpha value is -1.49. The highest BCUT2D eigenvalue weighted by atomic mass is 32.2. The monoisotopic (exact) mass is 306 g/mol. The standard InChI is InChI=1S/C16H22N2O2S/c1-11-4-5-14(12(2)6-11)7-13(3)17-15(19)8-18-10-21-9-16(18)20/h4-6,13H,7-10H2,1-3H3,(H,17,19)/t13-/m0/s1. The second-order valence-electron chi connectivity index (χ2n) is 5.67. The molecule has 1 saturated heterocycles. The van der Waals surface area contributed by atoms with Crippen molar-refractivity contribution in [2.75, 3.05) is 18.2 Å². The van der Waals surface area contributed by atoms with E-state index in [1.54, 1.807) is 16.7 Å². The predicted molar refractivity (Wildman–Crippen MR) is 86.3 cm³/mol. The maximum absolute atomic E-state index is 12.0. The fourth-order valence-electron chi connectivity index (χ4n) is 2.49. The fourth-order valence-corrected chi connectivity index (χ4v) is 3.39. The minimum absolute atomic E-state index is 0.0529. The van der Waals surface area contributed by atoms with Crippen molar-refractivity contribution in [3.63, 3.8) is 0 Å². The second kappa shape index (κ2) is 6.98. The summed E-state index contributed by atoms with van der Waals surface area (Å²) in [5.41, 5.74) is 3.75. The molecule has 0 spiro atoms. The molecular weight excluding hydrogens is 284 g/mol. The highest BCUT2D eigenvalue weighted by Crippen LogP contribution is 2.15. The van der Waals surface area contributed by atoms with E-state index in [9.17, 15) is 9.59 Å². The first kappa shape index (κ1) is 15.9. The van der Waals surface area contributed by atoms with Crippen LogP contribution in [0.1, 0.15) is 23.6 Å². The summed E-state index contributed by atoms with van der Waals surface area (Å²) in [6, 6.07) is 6.43. The summed E-state index contributed by atoms with van der Waals surface area (Å²) in [4.78, 5) is 25.1. The molecule has 5 heteroatoms. The van der Waals surface area contributed by atoms with Gasteiger partial charge in [0.05, 0.1) is 11.6 Å². The smallest absolute Gasteiger partial charge is 0.239 e. The van der Waals surface area contributed by atoms with Gasteiger partial charge >= 0.3 is 0 Å². The van der Waals surface area contributed by atoms with Gasteiger partial charge in [-0.2, -0.15) is 0 Å². The van der Waals surface area contributed by atoms with Gasteiger partial charge in [-0.15, -0.1) is 11.8 Å². The van der Waals surface area contributed by atoms with E-state index in [4.69, 9.17) is 0 Å². The zero-order chi connectivity index (χ0) is 15.4. The molecule has 0 aromatic heterocycles. The second-order valence-corrected chi connectivity index (χ2v) is 6.63. The third-order valence-corrected chi connectivity index (χ3v) is 4.54. The van der Waals surface area contributed by atoms with Crippen LogP contribution in [0.15, 0.2) is 18.2 Å². The summed E-state index contributed by atoms with van der Waals surface area (Å²) in [6.07, 6.45) is 0.806. The van der Waals surface area contributed by atoms with E-state index in [0.29, 0.717) is 11.6 Å². The van der Waals surface area contributed by atoms with Crippen molar-refractivity contribution in [2.24, 2.45) is 0 Å². The normalized spacial score (nSPS) is 16.1. The molecule has 0 aliphatic carbocycles. The molecule has 21 heavy (non-hydrogen) atoms. The van der Waals surface area contributed by atoms with Gasteiger partial charge in [-0.25, -0.2) is 0 Å². The quantitative estimate of drug-likeness (QED) is 0.903. The molecule has 1 aliphatic rings. The molecule has 1 fully saturated rings. The lowest BCUT2D eigenvalue weighted by molar-refractivity contribution is -0.132. The van der Waals surface area contributed by atoms with Crippen LogP contribution < -0.4 is 5.32 Å². The Morgan fingerprint density at radius 3 is 2.81 bits per heavy atom. The summed E-state index contributed by atoms with van der Waals surface area (Å²) in [5.74, 6) is 1.09. The van der Waals surface area contributed by atoms with Crippen molar-refractivity contribution in [2.45, 2.75) is 33.2 Å². The lowest BCUT2D eigenvalue weighted by Crippen LogP contribution is -2.42. The summed E-state index contributed by atoms with van der Waals surface area (Å²) in [5, 5.41) is 2.98. The van der Waals surface area contributed by atoms with Crippen LogP contribution in [0.4, 0.5) is 0 Å². The van der Waals surface area contributed by atoms with Gasteiger partial charge in [0.15, 0.2) is 0 Å². The number of hydrogen-bond acceptors (Lipinski definition) is 3. The average molecular weight is 306 g/mol. The molecule has 1 N–H and O–H groups in total. The maximum atomic E-state index is 12.0. The van der Waals surface area contributed by atoms with Crippen molar-refractivity contribution in [1.29, 1.82) is 0 Å². The first-order chi connectivity index (χ1) is 9.95. The van der Waals surface area contributed by atoms with Crippen LogP contribution in [0.25, 0.3) is 0 Å². The average Bonchev–Trinajstić information content (AvgIpc) is 2.78. The van der Waals surface area contributed by atoms with Crippen molar-refractivity contribution in [1.82, 2.24) is 10.2 Å². The number of amides is 2. The third kappa shape index (κ3) is 4.49. The lowest BCUT2D eigenvalue weighted by Gasteiger charge is -2.19. The molecule has 1 heterocycles. The first-order valence-electron chi connectivity index (χ1n) is 7.16. The van der Waals surface area contributed by atoms with Crippen molar-refractivity contribution in [3.05, 3.63) is 34.9 Å². The maximum Gasteiger partial charge on any atom is 0.239 e. The number of thioether (sulfide) groups is 1. The van der Waals surface area contributed by atoms with Gasteiger partial charge in [0.2, 0.25) is 11.8 Å². The van der Waals surface area contributed by atoms with Crippen LogP contribution >= 0.6 is 11.8 Å². The van der Waals surface area contributed by atoms with Crippen LogP contribution in [-0.2, 0) is 16.0 Å². The van der Waals surface area contributed by atoms with Gasteiger partial charge in [0.1, 0.15) is 6.54 Å².